The van der Waals surface area contributed by atoms with Crippen molar-refractivity contribution in [2.45, 2.75) is 20.0 Å². The quantitative estimate of drug-likeness (QED) is 0.276. The van der Waals surface area contributed by atoms with Crippen molar-refractivity contribution in [1.29, 1.82) is 0 Å². The molecule has 20 heavy (non-hydrogen) atoms. The van der Waals surface area contributed by atoms with Crippen molar-refractivity contribution in [2.75, 3.05) is 35.3 Å². The van der Waals surface area contributed by atoms with Crippen LogP contribution in [0.1, 0.15) is 13.8 Å². The molecule has 7 N–H and O–H groups in total. The van der Waals surface area contributed by atoms with Gasteiger partial charge in [0.15, 0.2) is 0 Å². The lowest BCUT2D eigenvalue weighted by molar-refractivity contribution is -0.125. The maximum absolute atomic E-state index is 10.7. The molecule has 1 rings (SSSR count). The monoisotopic (exact) mass is 284 g/mol. The van der Waals surface area contributed by atoms with Gasteiger partial charge in [0, 0.05) is 13.1 Å². The molecule has 0 aliphatic carbocycles. The summed E-state index contributed by atoms with van der Waals surface area (Å²) in [5, 5.41) is 12.0. The number of primary amides is 1. The SMILES string of the molecule is CCN(CC)c1nc(NN)nc(NCC(O)C(N)=O)n1. The van der Waals surface area contributed by atoms with Crippen LogP contribution in [0.25, 0.3) is 0 Å². The first kappa shape index (κ1) is 15.9. The van der Waals surface area contributed by atoms with E-state index in [4.69, 9.17) is 11.6 Å². The van der Waals surface area contributed by atoms with Crippen molar-refractivity contribution in [3.8, 4) is 0 Å². The lowest BCUT2D eigenvalue weighted by atomic mass is 10.3. The minimum absolute atomic E-state index is 0.0962. The normalized spacial score (nSPS) is 11.8. The molecule has 0 aliphatic heterocycles. The van der Waals surface area contributed by atoms with Crippen molar-refractivity contribution in [2.24, 2.45) is 11.6 Å². The number of nitrogens with zero attached hydrogens (tertiary/aromatic N) is 4. The number of nitrogens with one attached hydrogen (secondary N) is 2. The van der Waals surface area contributed by atoms with E-state index in [-0.39, 0.29) is 18.4 Å². The van der Waals surface area contributed by atoms with Crippen LogP contribution in [0.15, 0.2) is 0 Å². The van der Waals surface area contributed by atoms with Crippen LogP contribution in [0.4, 0.5) is 17.8 Å². The molecule has 0 saturated carbocycles. The van der Waals surface area contributed by atoms with Crippen molar-refractivity contribution in [3.05, 3.63) is 0 Å². The fourth-order valence-electron chi connectivity index (χ4n) is 1.44. The molecule has 0 bridgehead atoms. The molecule has 1 heterocycles. The van der Waals surface area contributed by atoms with E-state index in [9.17, 15) is 9.90 Å². The molecule has 10 nitrogen and oxygen atoms in total. The number of aliphatic hydroxyl groups is 1. The average molecular weight is 284 g/mol. The summed E-state index contributed by atoms with van der Waals surface area (Å²) >= 11 is 0. The van der Waals surface area contributed by atoms with Crippen LogP contribution in [0.3, 0.4) is 0 Å². The lowest BCUT2D eigenvalue weighted by Crippen LogP contribution is -2.35. The second-order valence-corrected chi connectivity index (χ2v) is 3.90. The van der Waals surface area contributed by atoms with Gasteiger partial charge >= 0.3 is 0 Å². The van der Waals surface area contributed by atoms with Crippen LogP contribution in [0.5, 0.6) is 0 Å². The zero-order valence-corrected chi connectivity index (χ0v) is 11.5. The Labute approximate surface area is 116 Å². The molecule has 1 atom stereocenters. The first-order valence-corrected chi connectivity index (χ1v) is 6.20. The second kappa shape index (κ2) is 7.40. The molecule has 1 amide bonds. The molecule has 112 valence electrons. The van der Waals surface area contributed by atoms with Gasteiger partial charge in [0.05, 0.1) is 6.54 Å². The Kier molecular flexibility index (Phi) is 5.87. The van der Waals surface area contributed by atoms with Gasteiger partial charge in [-0.2, -0.15) is 15.0 Å². The van der Waals surface area contributed by atoms with Gasteiger partial charge in [-0.25, -0.2) is 5.84 Å². The van der Waals surface area contributed by atoms with Gasteiger partial charge in [-0.3, -0.25) is 10.2 Å². The maximum atomic E-state index is 10.7. The average Bonchev–Trinajstić information content (AvgIpc) is 2.45. The Bertz CT molecular complexity index is 451. The maximum Gasteiger partial charge on any atom is 0.248 e. The highest BCUT2D eigenvalue weighted by atomic mass is 16.3. The molecule has 1 aromatic rings. The number of nitrogens with two attached hydrogens (primary N) is 2. The van der Waals surface area contributed by atoms with Crippen molar-refractivity contribution in [1.82, 2.24) is 15.0 Å². The molecule has 0 radical (unpaired) electrons. The van der Waals surface area contributed by atoms with Gasteiger partial charge in [-0.15, -0.1) is 0 Å². The van der Waals surface area contributed by atoms with Crippen LogP contribution in [0, 0.1) is 0 Å². The van der Waals surface area contributed by atoms with E-state index in [0.717, 1.165) is 0 Å². The topological polar surface area (TPSA) is 155 Å². The highest BCUT2D eigenvalue weighted by Crippen LogP contribution is 2.12. The smallest absolute Gasteiger partial charge is 0.248 e. The number of aromatic nitrogens is 3. The van der Waals surface area contributed by atoms with E-state index in [2.05, 4.69) is 25.7 Å². The highest BCUT2D eigenvalue weighted by molar-refractivity contribution is 5.79. The molecule has 0 aliphatic rings. The Morgan fingerprint density at radius 2 is 1.90 bits per heavy atom. The van der Waals surface area contributed by atoms with Gasteiger partial charge in [-0.1, -0.05) is 0 Å². The van der Waals surface area contributed by atoms with E-state index in [1.165, 1.54) is 0 Å². The summed E-state index contributed by atoms with van der Waals surface area (Å²) in [6.45, 7) is 5.27. The summed E-state index contributed by atoms with van der Waals surface area (Å²) in [4.78, 5) is 24.9. The van der Waals surface area contributed by atoms with Crippen LogP contribution in [-0.4, -0.2) is 51.7 Å². The fourth-order valence-corrected chi connectivity index (χ4v) is 1.44. The van der Waals surface area contributed by atoms with Crippen molar-refractivity contribution < 1.29 is 9.90 Å². The number of hydrogen-bond donors (Lipinski definition) is 5. The fraction of sp³-hybridized carbons (Fsp3) is 0.600. The molecule has 0 saturated heterocycles. The number of rotatable bonds is 8. The number of hydrogen-bond acceptors (Lipinski definition) is 9. The number of amides is 1. The number of hydrazine groups is 1. The standard InChI is InChI=1S/C10H20N8O2/c1-3-18(4-2)10-15-8(14-9(16-10)17-12)13-5-6(19)7(11)20/h6,19H,3-5,12H2,1-2H3,(H2,11,20)(H2,13,14,15,16,17). The minimum atomic E-state index is -1.32. The van der Waals surface area contributed by atoms with E-state index in [0.29, 0.717) is 19.0 Å². The molecule has 10 heteroatoms. The van der Waals surface area contributed by atoms with Crippen LogP contribution >= 0.6 is 0 Å². The van der Waals surface area contributed by atoms with Gasteiger partial charge < -0.3 is 21.1 Å². The van der Waals surface area contributed by atoms with Crippen LogP contribution < -0.4 is 27.2 Å². The third kappa shape index (κ3) is 4.17. The van der Waals surface area contributed by atoms with E-state index < -0.39 is 12.0 Å². The molecular formula is C10H20N8O2. The molecular weight excluding hydrogens is 264 g/mol. The summed E-state index contributed by atoms with van der Waals surface area (Å²) in [6, 6.07) is 0. The highest BCUT2D eigenvalue weighted by Gasteiger charge is 2.14. The van der Waals surface area contributed by atoms with Crippen molar-refractivity contribution >= 4 is 23.8 Å². The molecule has 1 unspecified atom stereocenters. The predicted molar refractivity (Wildman–Crippen MR) is 74.9 cm³/mol. The summed E-state index contributed by atoms with van der Waals surface area (Å²) < 4.78 is 0. The Hall–Kier alpha value is -2.20. The number of aliphatic hydroxyl groups excluding tert-OH is 1. The number of anilines is 3. The first-order chi connectivity index (χ1) is 9.51. The van der Waals surface area contributed by atoms with Gasteiger partial charge in [0.2, 0.25) is 23.8 Å². The van der Waals surface area contributed by atoms with Crippen LogP contribution in [0.2, 0.25) is 0 Å². The largest absolute Gasteiger partial charge is 0.381 e. The summed E-state index contributed by atoms with van der Waals surface area (Å²) in [6.07, 6.45) is -1.32. The van der Waals surface area contributed by atoms with Crippen molar-refractivity contribution in [3.63, 3.8) is 0 Å². The number of carbonyl (C=O) groups excluding carboxylic acids is 1. The first-order valence-electron chi connectivity index (χ1n) is 6.20. The van der Waals surface area contributed by atoms with Gasteiger partial charge in [0.25, 0.3) is 0 Å². The minimum Gasteiger partial charge on any atom is -0.381 e. The molecule has 1 aromatic heterocycles. The van der Waals surface area contributed by atoms with Gasteiger partial charge in [0.1, 0.15) is 6.10 Å². The summed E-state index contributed by atoms with van der Waals surface area (Å²) in [5.74, 6) is 5.28. The predicted octanol–water partition coefficient (Wildman–Crippen LogP) is -1.74. The summed E-state index contributed by atoms with van der Waals surface area (Å²) in [5.41, 5.74) is 7.29. The Morgan fingerprint density at radius 3 is 2.40 bits per heavy atom. The third-order valence-electron chi connectivity index (χ3n) is 2.58. The van der Waals surface area contributed by atoms with E-state index >= 15 is 0 Å². The molecule has 0 aromatic carbocycles. The zero-order valence-electron chi connectivity index (χ0n) is 11.5. The van der Waals surface area contributed by atoms with Gasteiger partial charge in [-0.05, 0) is 13.8 Å². The molecule has 0 spiro atoms. The zero-order chi connectivity index (χ0) is 15.1. The van der Waals surface area contributed by atoms with E-state index in [1.807, 2.05) is 18.7 Å². The Balaban J connectivity index is 2.90. The molecule has 0 fully saturated rings. The number of nitrogen functional groups attached to an aromatic ring is 1. The van der Waals surface area contributed by atoms with Crippen LogP contribution in [-0.2, 0) is 4.79 Å². The summed E-state index contributed by atoms with van der Waals surface area (Å²) in [7, 11) is 0. The number of carbonyl (C=O) groups is 1. The lowest BCUT2D eigenvalue weighted by Gasteiger charge is -2.19. The Morgan fingerprint density at radius 1 is 1.30 bits per heavy atom. The second-order valence-electron chi connectivity index (χ2n) is 3.90. The third-order valence-corrected chi connectivity index (χ3v) is 2.58. The van der Waals surface area contributed by atoms with E-state index in [1.54, 1.807) is 0 Å².